The number of ether oxygens (including phenoxy) is 2. The summed E-state index contributed by atoms with van der Waals surface area (Å²) in [5.74, 6) is 0.788. The number of morpholine rings is 1. The van der Waals surface area contributed by atoms with Crippen LogP contribution in [0.4, 0.5) is 0 Å². The first-order valence-electron chi connectivity index (χ1n) is 7.34. The van der Waals surface area contributed by atoms with E-state index in [1.165, 1.54) is 0 Å². The predicted octanol–water partition coefficient (Wildman–Crippen LogP) is 1.07. The third kappa shape index (κ3) is 4.74. The zero-order chi connectivity index (χ0) is 14.4. The van der Waals surface area contributed by atoms with Gasteiger partial charge in [-0.25, -0.2) is 0 Å². The molecule has 0 aromatic carbocycles. The van der Waals surface area contributed by atoms with Crippen LogP contribution in [-0.4, -0.2) is 54.9 Å². The van der Waals surface area contributed by atoms with E-state index in [1.54, 1.807) is 6.20 Å². The van der Waals surface area contributed by atoms with Gasteiger partial charge in [-0.1, -0.05) is 6.92 Å². The molecule has 0 amide bonds. The highest BCUT2D eigenvalue weighted by molar-refractivity contribution is 5.20. The van der Waals surface area contributed by atoms with E-state index in [0.29, 0.717) is 6.61 Å². The minimum Gasteiger partial charge on any atom is -0.489 e. The van der Waals surface area contributed by atoms with Gasteiger partial charge in [-0.15, -0.1) is 0 Å². The second kappa shape index (κ2) is 7.57. The molecule has 0 spiro atoms. The highest BCUT2D eigenvalue weighted by atomic mass is 16.5. The molecule has 1 aromatic rings. The summed E-state index contributed by atoms with van der Waals surface area (Å²) in [7, 11) is 0. The third-order valence-electron chi connectivity index (χ3n) is 3.43. The summed E-state index contributed by atoms with van der Waals surface area (Å²) in [6.07, 6.45) is 2.70. The molecule has 5 nitrogen and oxygen atoms in total. The number of nitrogens with two attached hydrogens (primary N) is 1. The fourth-order valence-electron chi connectivity index (χ4n) is 2.30. The molecule has 1 aliphatic heterocycles. The zero-order valence-electron chi connectivity index (χ0n) is 12.4. The van der Waals surface area contributed by atoms with Crippen molar-refractivity contribution in [2.75, 3.05) is 32.8 Å². The van der Waals surface area contributed by atoms with Gasteiger partial charge >= 0.3 is 0 Å². The second-order valence-electron chi connectivity index (χ2n) is 5.36. The number of nitrogens with zero attached hydrogens (tertiary/aromatic N) is 2. The maximum Gasteiger partial charge on any atom is 0.137 e. The van der Waals surface area contributed by atoms with Gasteiger partial charge < -0.3 is 15.2 Å². The molecule has 112 valence electrons. The van der Waals surface area contributed by atoms with Crippen molar-refractivity contribution in [2.24, 2.45) is 5.73 Å². The number of hydrogen-bond donors (Lipinski definition) is 1. The van der Waals surface area contributed by atoms with Gasteiger partial charge in [0.15, 0.2) is 0 Å². The van der Waals surface area contributed by atoms with Crippen LogP contribution in [0.15, 0.2) is 18.3 Å². The fourth-order valence-corrected chi connectivity index (χ4v) is 2.30. The number of rotatable bonds is 6. The molecule has 2 rings (SSSR count). The number of aromatic nitrogens is 1. The van der Waals surface area contributed by atoms with Gasteiger partial charge in [0.25, 0.3) is 0 Å². The van der Waals surface area contributed by atoms with Gasteiger partial charge in [-0.3, -0.25) is 9.88 Å². The fraction of sp³-hybridized carbons (Fsp3) is 0.667. The van der Waals surface area contributed by atoms with Crippen molar-refractivity contribution in [3.63, 3.8) is 0 Å². The largest absolute Gasteiger partial charge is 0.489 e. The van der Waals surface area contributed by atoms with Crippen molar-refractivity contribution in [2.45, 2.75) is 32.4 Å². The molecule has 2 N–H and O–H groups in total. The Labute approximate surface area is 121 Å². The van der Waals surface area contributed by atoms with Crippen molar-refractivity contribution in [1.29, 1.82) is 0 Å². The molecular weight excluding hydrogens is 254 g/mol. The lowest BCUT2D eigenvalue weighted by molar-refractivity contribution is -0.0464. The van der Waals surface area contributed by atoms with Crippen LogP contribution in [0.3, 0.4) is 0 Å². The maximum atomic E-state index is 5.75. The number of hydrogen-bond acceptors (Lipinski definition) is 5. The van der Waals surface area contributed by atoms with Crippen molar-refractivity contribution >= 4 is 0 Å². The summed E-state index contributed by atoms with van der Waals surface area (Å²) in [4.78, 5) is 6.73. The Morgan fingerprint density at radius 1 is 1.55 bits per heavy atom. The molecule has 0 aliphatic carbocycles. The van der Waals surface area contributed by atoms with Crippen LogP contribution in [-0.2, 0) is 11.2 Å². The van der Waals surface area contributed by atoms with Crippen molar-refractivity contribution in [1.82, 2.24) is 9.88 Å². The molecule has 0 bridgehead atoms. The van der Waals surface area contributed by atoms with E-state index in [1.807, 2.05) is 19.1 Å². The van der Waals surface area contributed by atoms with Gasteiger partial charge in [0.05, 0.1) is 12.8 Å². The molecule has 2 atom stereocenters. The summed E-state index contributed by atoms with van der Waals surface area (Å²) in [6.45, 7) is 8.52. The molecule has 5 heteroatoms. The molecule has 1 fully saturated rings. The summed E-state index contributed by atoms with van der Waals surface area (Å²) < 4.78 is 11.5. The zero-order valence-corrected chi connectivity index (χ0v) is 12.4. The maximum absolute atomic E-state index is 5.75. The van der Waals surface area contributed by atoms with Crippen LogP contribution in [0.5, 0.6) is 5.75 Å². The Balaban J connectivity index is 1.78. The molecule has 0 radical (unpaired) electrons. The van der Waals surface area contributed by atoms with Gasteiger partial charge in [0, 0.05) is 31.2 Å². The van der Waals surface area contributed by atoms with Gasteiger partial charge in [-0.2, -0.15) is 0 Å². The van der Waals surface area contributed by atoms with Crippen molar-refractivity contribution < 1.29 is 9.47 Å². The highest BCUT2D eigenvalue weighted by Gasteiger charge is 2.19. The van der Waals surface area contributed by atoms with E-state index < -0.39 is 0 Å². The highest BCUT2D eigenvalue weighted by Crippen LogP contribution is 2.12. The van der Waals surface area contributed by atoms with Crippen molar-refractivity contribution in [3.05, 3.63) is 24.0 Å². The second-order valence-corrected chi connectivity index (χ2v) is 5.36. The van der Waals surface area contributed by atoms with E-state index in [4.69, 9.17) is 15.2 Å². The van der Waals surface area contributed by atoms with Crippen LogP contribution >= 0.6 is 0 Å². The molecule has 1 aromatic heterocycles. The first-order valence-corrected chi connectivity index (χ1v) is 7.34. The first-order chi connectivity index (χ1) is 9.67. The monoisotopic (exact) mass is 279 g/mol. The Bertz CT molecular complexity index is 395. The van der Waals surface area contributed by atoms with Crippen LogP contribution in [0.1, 0.15) is 19.5 Å². The summed E-state index contributed by atoms with van der Waals surface area (Å²) in [5.41, 5.74) is 6.75. The smallest absolute Gasteiger partial charge is 0.137 e. The normalized spacial score (nSPS) is 21.6. The molecule has 2 heterocycles. The number of likely N-dealkylation sites (N-methyl/N-ethyl adjacent to an activating group) is 1. The van der Waals surface area contributed by atoms with E-state index in [-0.39, 0.29) is 12.1 Å². The first kappa shape index (κ1) is 15.2. The summed E-state index contributed by atoms with van der Waals surface area (Å²) >= 11 is 0. The molecule has 20 heavy (non-hydrogen) atoms. The SMILES string of the molecule is CCN1CCOC(COc2ccc(CC(C)N)nc2)C1. The average molecular weight is 279 g/mol. The summed E-state index contributed by atoms with van der Waals surface area (Å²) in [5, 5.41) is 0. The summed E-state index contributed by atoms with van der Waals surface area (Å²) in [6, 6.07) is 4.05. The third-order valence-corrected chi connectivity index (χ3v) is 3.43. The molecule has 0 saturated carbocycles. The van der Waals surface area contributed by atoms with E-state index in [9.17, 15) is 0 Å². The predicted molar refractivity (Wildman–Crippen MR) is 78.9 cm³/mol. The lowest BCUT2D eigenvalue weighted by Gasteiger charge is -2.31. The van der Waals surface area contributed by atoms with E-state index in [2.05, 4.69) is 16.8 Å². The number of pyridine rings is 1. The minimum atomic E-state index is 0.130. The Hall–Kier alpha value is -1.17. The Morgan fingerprint density at radius 2 is 2.40 bits per heavy atom. The molecule has 1 aliphatic rings. The Morgan fingerprint density at radius 3 is 3.05 bits per heavy atom. The van der Waals surface area contributed by atoms with Crippen LogP contribution in [0.2, 0.25) is 0 Å². The van der Waals surface area contributed by atoms with Crippen LogP contribution in [0, 0.1) is 0 Å². The van der Waals surface area contributed by atoms with Crippen molar-refractivity contribution in [3.8, 4) is 5.75 Å². The lowest BCUT2D eigenvalue weighted by Crippen LogP contribution is -2.44. The quantitative estimate of drug-likeness (QED) is 0.844. The molecule has 1 saturated heterocycles. The Kier molecular flexibility index (Phi) is 5.76. The standard InChI is InChI=1S/C15H25N3O2/c1-3-18-6-7-19-15(10-18)11-20-14-5-4-13(17-9-14)8-12(2)16/h4-5,9,12,15H,3,6-8,10-11,16H2,1-2H3. The van der Waals surface area contributed by atoms with E-state index in [0.717, 1.165) is 44.1 Å². The molecule has 2 unspecified atom stereocenters. The minimum absolute atomic E-state index is 0.130. The molecular formula is C15H25N3O2. The topological polar surface area (TPSA) is 60.6 Å². The van der Waals surface area contributed by atoms with Crippen LogP contribution < -0.4 is 10.5 Å². The average Bonchev–Trinajstić information content (AvgIpc) is 2.46. The lowest BCUT2D eigenvalue weighted by atomic mass is 10.2. The van der Waals surface area contributed by atoms with Gasteiger partial charge in [0.1, 0.15) is 18.5 Å². The van der Waals surface area contributed by atoms with E-state index >= 15 is 0 Å². The van der Waals surface area contributed by atoms with Crippen LogP contribution in [0.25, 0.3) is 0 Å². The van der Waals surface area contributed by atoms with Gasteiger partial charge in [0.2, 0.25) is 0 Å². The van der Waals surface area contributed by atoms with Gasteiger partial charge in [-0.05, 0) is 25.6 Å².